The number of nitrogens with zero attached hydrogens (tertiary/aromatic N) is 3. The normalized spacial score (nSPS) is 11.3. The van der Waals surface area contributed by atoms with E-state index in [-0.39, 0.29) is 5.75 Å². The monoisotopic (exact) mass is 393 g/mol. The Morgan fingerprint density at radius 1 is 1.30 bits per heavy atom. The average molecular weight is 394 g/mol. The number of aryl methyl sites for hydroxylation is 2. The molecular formula is C20H28ClN3O3. The number of hydrogen-bond donors (Lipinski definition) is 0. The molecule has 0 N–H and O–H groups in total. The molecule has 1 aromatic carbocycles. The summed E-state index contributed by atoms with van der Waals surface area (Å²) in [4.78, 5) is 13.6. The van der Waals surface area contributed by atoms with Gasteiger partial charge in [0.15, 0.2) is 11.5 Å². The highest BCUT2D eigenvalue weighted by Crippen LogP contribution is 2.37. The van der Waals surface area contributed by atoms with Gasteiger partial charge < -0.3 is 9.47 Å². The van der Waals surface area contributed by atoms with Crippen LogP contribution in [0, 0.1) is 13.8 Å². The number of carbonyl (C=O) groups is 1. The number of carbonyl (C=O) groups excluding carboxylic acids is 1. The van der Waals surface area contributed by atoms with Crippen LogP contribution in [0.15, 0.2) is 12.1 Å². The summed E-state index contributed by atoms with van der Waals surface area (Å²) in [7, 11) is 3.49. The summed E-state index contributed by atoms with van der Waals surface area (Å²) in [5, 5.41) is 4.87. The zero-order valence-electron chi connectivity index (χ0n) is 17.1. The molecule has 0 saturated carbocycles. The maximum Gasteiger partial charge on any atom is 0.308 e. The Morgan fingerprint density at radius 3 is 2.44 bits per heavy atom. The quantitative estimate of drug-likeness (QED) is 0.525. The third-order valence-electron chi connectivity index (χ3n) is 4.67. The van der Waals surface area contributed by atoms with Gasteiger partial charge in [0.05, 0.1) is 17.8 Å². The number of ether oxygens (including phenoxy) is 2. The van der Waals surface area contributed by atoms with Crippen LogP contribution in [0.3, 0.4) is 0 Å². The number of aromatic nitrogens is 2. The van der Waals surface area contributed by atoms with Crippen molar-refractivity contribution in [2.45, 2.75) is 53.8 Å². The van der Waals surface area contributed by atoms with Crippen LogP contribution in [0.25, 0.3) is 0 Å². The summed E-state index contributed by atoms with van der Waals surface area (Å²) in [6.07, 6.45) is 0. The molecule has 6 nitrogen and oxygen atoms in total. The number of halogens is 1. The molecule has 0 bridgehead atoms. The molecule has 0 amide bonds. The molecule has 1 aromatic heterocycles. The summed E-state index contributed by atoms with van der Waals surface area (Å²) in [6, 6.07) is 4.00. The van der Waals surface area contributed by atoms with Crippen LogP contribution in [-0.4, -0.2) is 33.8 Å². The molecule has 2 aromatic rings. The van der Waals surface area contributed by atoms with Gasteiger partial charge in [-0.05, 0) is 45.4 Å². The lowest BCUT2D eigenvalue weighted by molar-refractivity contribution is -0.132. The minimum atomic E-state index is -0.436. The van der Waals surface area contributed by atoms with Crippen LogP contribution in [0.5, 0.6) is 11.5 Å². The lowest BCUT2D eigenvalue weighted by Gasteiger charge is -2.27. The van der Waals surface area contributed by atoms with E-state index in [1.807, 2.05) is 30.8 Å². The van der Waals surface area contributed by atoms with Gasteiger partial charge in [-0.25, -0.2) is 0 Å². The summed E-state index contributed by atoms with van der Waals surface area (Å²) < 4.78 is 12.5. The molecule has 0 aliphatic carbocycles. The van der Waals surface area contributed by atoms with E-state index in [4.69, 9.17) is 21.1 Å². The van der Waals surface area contributed by atoms with Gasteiger partial charge in [-0.3, -0.25) is 14.4 Å². The SMILES string of the molecule is COc1cc(CN(Cc2c(C)nn(C)c2C)C(C)C)cc(Cl)c1OC(C)=O. The Morgan fingerprint density at radius 2 is 1.96 bits per heavy atom. The Balaban J connectivity index is 2.31. The van der Waals surface area contributed by atoms with Crippen molar-refractivity contribution in [3.05, 3.63) is 39.7 Å². The van der Waals surface area contributed by atoms with Crippen LogP contribution in [0.4, 0.5) is 0 Å². The Hall–Kier alpha value is -2.05. The van der Waals surface area contributed by atoms with Crippen LogP contribution in [0.1, 0.15) is 43.3 Å². The number of rotatable bonds is 7. The lowest BCUT2D eigenvalue weighted by Crippen LogP contribution is -2.30. The van der Waals surface area contributed by atoms with Gasteiger partial charge in [-0.15, -0.1) is 0 Å². The van der Waals surface area contributed by atoms with Gasteiger partial charge >= 0.3 is 5.97 Å². The first-order chi connectivity index (χ1) is 12.6. The number of benzene rings is 1. The maximum atomic E-state index is 11.3. The van der Waals surface area contributed by atoms with E-state index in [1.165, 1.54) is 25.3 Å². The van der Waals surface area contributed by atoms with E-state index in [1.54, 1.807) is 0 Å². The molecule has 0 fully saturated rings. The van der Waals surface area contributed by atoms with E-state index in [9.17, 15) is 4.79 Å². The molecule has 0 saturated heterocycles. The topological polar surface area (TPSA) is 56.6 Å². The maximum absolute atomic E-state index is 11.3. The predicted octanol–water partition coefficient (Wildman–Crippen LogP) is 4.03. The van der Waals surface area contributed by atoms with Gasteiger partial charge in [-0.1, -0.05) is 11.6 Å². The van der Waals surface area contributed by atoms with Crippen LogP contribution >= 0.6 is 11.6 Å². The van der Waals surface area contributed by atoms with E-state index in [2.05, 4.69) is 30.8 Å². The highest BCUT2D eigenvalue weighted by Gasteiger charge is 2.19. The zero-order valence-corrected chi connectivity index (χ0v) is 17.8. The Labute approximate surface area is 166 Å². The van der Waals surface area contributed by atoms with Crippen molar-refractivity contribution in [1.29, 1.82) is 0 Å². The van der Waals surface area contributed by atoms with Crippen molar-refractivity contribution in [3.8, 4) is 11.5 Å². The Bertz CT molecular complexity index is 830. The fourth-order valence-corrected chi connectivity index (χ4v) is 3.28. The predicted molar refractivity (Wildman–Crippen MR) is 106 cm³/mol. The summed E-state index contributed by atoms with van der Waals surface area (Å²) >= 11 is 6.35. The van der Waals surface area contributed by atoms with E-state index in [0.29, 0.717) is 23.4 Å². The molecule has 0 aliphatic rings. The van der Waals surface area contributed by atoms with Crippen molar-refractivity contribution >= 4 is 17.6 Å². The van der Waals surface area contributed by atoms with Gasteiger partial charge in [-0.2, -0.15) is 5.10 Å². The lowest BCUT2D eigenvalue weighted by atomic mass is 10.1. The third kappa shape index (κ3) is 5.02. The summed E-state index contributed by atoms with van der Waals surface area (Å²) in [5.74, 6) is 0.268. The molecule has 27 heavy (non-hydrogen) atoms. The molecular weight excluding hydrogens is 366 g/mol. The summed E-state index contributed by atoms with van der Waals surface area (Å²) in [5.41, 5.74) is 4.43. The molecule has 0 atom stereocenters. The number of methoxy groups -OCH3 is 1. The third-order valence-corrected chi connectivity index (χ3v) is 4.95. The molecule has 148 valence electrons. The second kappa shape index (κ2) is 8.76. The standard InChI is InChI=1S/C20H28ClN3O3/c1-12(2)24(11-17-13(3)22-23(6)14(17)4)10-16-8-18(21)20(27-15(5)25)19(9-16)26-7/h8-9,12H,10-11H2,1-7H3. The molecule has 0 radical (unpaired) electrons. The largest absolute Gasteiger partial charge is 0.493 e. The number of hydrogen-bond acceptors (Lipinski definition) is 5. The highest BCUT2D eigenvalue weighted by molar-refractivity contribution is 6.32. The highest BCUT2D eigenvalue weighted by atomic mass is 35.5. The molecule has 7 heteroatoms. The van der Waals surface area contributed by atoms with Crippen molar-refractivity contribution in [2.75, 3.05) is 7.11 Å². The Kier molecular flexibility index (Phi) is 6.89. The summed E-state index contributed by atoms with van der Waals surface area (Å²) in [6.45, 7) is 11.2. The fraction of sp³-hybridized carbons (Fsp3) is 0.500. The van der Waals surface area contributed by atoms with Crippen molar-refractivity contribution in [3.63, 3.8) is 0 Å². The first-order valence-electron chi connectivity index (χ1n) is 8.92. The zero-order chi connectivity index (χ0) is 20.3. The van der Waals surface area contributed by atoms with Gasteiger partial charge in [0.25, 0.3) is 0 Å². The molecule has 2 rings (SSSR count). The van der Waals surface area contributed by atoms with Crippen LogP contribution in [0.2, 0.25) is 5.02 Å². The second-order valence-electron chi connectivity index (χ2n) is 6.97. The second-order valence-corrected chi connectivity index (χ2v) is 7.38. The first-order valence-corrected chi connectivity index (χ1v) is 9.29. The molecule has 1 heterocycles. The molecule has 0 spiro atoms. The van der Waals surface area contributed by atoms with Gasteiger partial charge in [0, 0.05) is 44.4 Å². The molecule has 0 aliphatic heterocycles. The smallest absolute Gasteiger partial charge is 0.308 e. The minimum Gasteiger partial charge on any atom is -0.493 e. The first kappa shape index (κ1) is 21.3. The van der Waals surface area contributed by atoms with Crippen molar-refractivity contribution in [1.82, 2.24) is 14.7 Å². The fourth-order valence-electron chi connectivity index (χ4n) is 3.01. The van der Waals surface area contributed by atoms with Gasteiger partial charge in [0.1, 0.15) is 0 Å². The van der Waals surface area contributed by atoms with E-state index in [0.717, 1.165) is 17.8 Å². The number of esters is 1. The minimum absolute atomic E-state index is 0.255. The van der Waals surface area contributed by atoms with Crippen molar-refractivity contribution < 1.29 is 14.3 Å². The van der Waals surface area contributed by atoms with Crippen LogP contribution < -0.4 is 9.47 Å². The average Bonchev–Trinajstić information content (AvgIpc) is 2.81. The van der Waals surface area contributed by atoms with E-state index < -0.39 is 5.97 Å². The van der Waals surface area contributed by atoms with E-state index >= 15 is 0 Å². The van der Waals surface area contributed by atoms with Crippen molar-refractivity contribution in [2.24, 2.45) is 7.05 Å². The molecule has 0 unspecified atom stereocenters. The van der Waals surface area contributed by atoms with Gasteiger partial charge in [0.2, 0.25) is 0 Å². The van der Waals surface area contributed by atoms with Crippen LogP contribution in [-0.2, 0) is 24.9 Å².